The van der Waals surface area contributed by atoms with Crippen LogP contribution in [0.3, 0.4) is 0 Å². The van der Waals surface area contributed by atoms with Crippen molar-refractivity contribution in [3.63, 3.8) is 0 Å². The van der Waals surface area contributed by atoms with Gasteiger partial charge in [0.25, 0.3) is 5.56 Å². The molecule has 1 N–H and O–H groups in total. The maximum Gasteiger partial charge on any atom is 0.344 e. The summed E-state index contributed by atoms with van der Waals surface area (Å²) in [5.74, 6) is -0.0395. The van der Waals surface area contributed by atoms with E-state index >= 15 is 0 Å². The molecule has 0 spiro atoms. The highest BCUT2D eigenvalue weighted by atomic mass is 79.9. The summed E-state index contributed by atoms with van der Waals surface area (Å²) in [6, 6.07) is 12.3. The third-order valence-electron chi connectivity index (χ3n) is 4.47. The SMILES string of the molecule is CCCCc1nc2ccc(Br)cc2c(=O)n1N=Cc1cccc(O[C@H](C)C(=O)O)c1. The lowest BCUT2D eigenvalue weighted by molar-refractivity contribution is -0.144. The molecule has 156 valence electrons. The van der Waals surface area contributed by atoms with Gasteiger partial charge in [0, 0.05) is 10.9 Å². The van der Waals surface area contributed by atoms with Gasteiger partial charge in [-0.1, -0.05) is 41.4 Å². The molecule has 3 rings (SSSR count). The van der Waals surface area contributed by atoms with Gasteiger partial charge in [0.1, 0.15) is 11.6 Å². The number of rotatable bonds is 8. The van der Waals surface area contributed by atoms with Gasteiger partial charge in [0.2, 0.25) is 0 Å². The maximum atomic E-state index is 13.1. The van der Waals surface area contributed by atoms with E-state index < -0.39 is 12.1 Å². The number of hydrogen-bond donors (Lipinski definition) is 1. The Hall–Kier alpha value is -3.00. The fraction of sp³-hybridized carbons (Fsp3) is 0.273. The number of fused-ring (bicyclic) bond motifs is 1. The Kier molecular flexibility index (Phi) is 6.99. The van der Waals surface area contributed by atoms with Gasteiger partial charge in [-0.25, -0.2) is 9.78 Å². The van der Waals surface area contributed by atoms with Gasteiger partial charge < -0.3 is 9.84 Å². The highest BCUT2D eigenvalue weighted by Gasteiger charge is 2.13. The molecule has 1 heterocycles. The average molecular weight is 472 g/mol. The van der Waals surface area contributed by atoms with Crippen molar-refractivity contribution in [2.75, 3.05) is 0 Å². The summed E-state index contributed by atoms with van der Waals surface area (Å²) in [6.07, 6.45) is 3.07. The highest BCUT2D eigenvalue weighted by Crippen LogP contribution is 2.17. The van der Waals surface area contributed by atoms with E-state index in [4.69, 9.17) is 9.84 Å². The van der Waals surface area contributed by atoms with Crippen molar-refractivity contribution in [2.45, 2.75) is 39.2 Å². The third kappa shape index (κ3) is 5.13. The van der Waals surface area contributed by atoms with Gasteiger partial charge in [0.15, 0.2) is 6.10 Å². The molecule has 0 unspecified atom stereocenters. The third-order valence-corrected chi connectivity index (χ3v) is 4.96. The molecule has 1 aromatic heterocycles. The smallest absolute Gasteiger partial charge is 0.344 e. The quantitative estimate of drug-likeness (QED) is 0.495. The Morgan fingerprint density at radius 3 is 2.87 bits per heavy atom. The highest BCUT2D eigenvalue weighted by molar-refractivity contribution is 9.10. The zero-order chi connectivity index (χ0) is 21.7. The fourth-order valence-electron chi connectivity index (χ4n) is 2.86. The van der Waals surface area contributed by atoms with E-state index in [1.165, 1.54) is 11.6 Å². The topological polar surface area (TPSA) is 93.8 Å². The fourth-order valence-corrected chi connectivity index (χ4v) is 3.22. The molecule has 0 aliphatic rings. The molecule has 0 radical (unpaired) electrons. The summed E-state index contributed by atoms with van der Waals surface area (Å²) in [5.41, 5.74) is 1.07. The van der Waals surface area contributed by atoms with Crippen molar-refractivity contribution in [1.29, 1.82) is 0 Å². The molecule has 0 aliphatic heterocycles. The maximum absolute atomic E-state index is 13.1. The van der Waals surface area contributed by atoms with Crippen LogP contribution in [0.4, 0.5) is 0 Å². The molecule has 0 saturated heterocycles. The van der Waals surface area contributed by atoms with Crippen LogP contribution < -0.4 is 10.3 Å². The second-order valence-corrected chi connectivity index (χ2v) is 7.74. The van der Waals surface area contributed by atoms with Crippen molar-refractivity contribution in [2.24, 2.45) is 5.10 Å². The Labute approximate surface area is 182 Å². The molecular formula is C22H22BrN3O4. The minimum absolute atomic E-state index is 0.240. The van der Waals surface area contributed by atoms with Crippen LogP contribution in [0.15, 0.2) is 56.8 Å². The predicted octanol–water partition coefficient (Wildman–Crippen LogP) is 4.24. The monoisotopic (exact) mass is 471 g/mol. The lowest BCUT2D eigenvalue weighted by Crippen LogP contribution is -2.23. The van der Waals surface area contributed by atoms with E-state index in [0.29, 0.717) is 34.5 Å². The van der Waals surface area contributed by atoms with Crippen LogP contribution >= 0.6 is 15.9 Å². The second-order valence-electron chi connectivity index (χ2n) is 6.83. The van der Waals surface area contributed by atoms with Gasteiger partial charge in [-0.3, -0.25) is 4.79 Å². The zero-order valence-electron chi connectivity index (χ0n) is 16.7. The second kappa shape index (κ2) is 9.67. The number of halogens is 1. The van der Waals surface area contributed by atoms with Crippen LogP contribution in [0.2, 0.25) is 0 Å². The van der Waals surface area contributed by atoms with Crippen molar-refractivity contribution in [3.8, 4) is 5.75 Å². The number of ether oxygens (including phenoxy) is 1. The molecular weight excluding hydrogens is 450 g/mol. The summed E-state index contributed by atoms with van der Waals surface area (Å²) < 4.78 is 7.52. The predicted molar refractivity (Wildman–Crippen MR) is 119 cm³/mol. The van der Waals surface area contributed by atoms with Crippen LogP contribution in [0.5, 0.6) is 5.75 Å². The van der Waals surface area contributed by atoms with Gasteiger partial charge in [-0.2, -0.15) is 9.78 Å². The van der Waals surface area contributed by atoms with Gasteiger partial charge in [-0.15, -0.1) is 0 Å². The van der Waals surface area contributed by atoms with E-state index in [1.807, 2.05) is 12.1 Å². The zero-order valence-corrected chi connectivity index (χ0v) is 18.3. The van der Waals surface area contributed by atoms with E-state index in [9.17, 15) is 9.59 Å². The number of aliphatic carboxylic acids is 1. The molecule has 7 nitrogen and oxygen atoms in total. The van der Waals surface area contributed by atoms with Gasteiger partial charge >= 0.3 is 5.97 Å². The minimum Gasteiger partial charge on any atom is -0.479 e. The number of nitrogens with zero attached hydrogens (tertiary/aromatic N) is 3. The molecule has 1 atom stereocenters. The normalized spacial score (nSPS) is 12.4. The lowest BCUT2D eigenvalue weighted by atomic mass is 10.2. The number of aryl methyl sites for hydroxylation is 1. The molecule has 0 aliphatic carbocycles. The number of aromatic nitrogens is 2. The largest absolute Gasteiger partial charge is 0.479 e. The first-order valence-corrected chi connectivity index (χ1v) is 10.4. The number of benzene rings is 2. The van der Waals surface area contributed by atoms with E-state index in [1.54, 1.807) is 36.5 Å². The standard InChI is InChI=1S/C22H22BrN3O4/c1-3-4-8-20-25-19-10-9-16(23)12-18(19)21(27)26(20)24-13-15-6-5-7-17(11-15)30-14(2)22(28)29/h5-7,9-14H,3-4,8H2,1-2H3,(H,28,29)/t14-/m1/s1. The molecule has 0 amide bonds. The summed E-state index contributed by atoms with van der Waals surface area (Å²) in [5, 5.41) is 13.9. The van der Waals surface area contributed by atoms with Crippen molar-refractivity contribution >= 4 is 39.0 Å². The molecule has 2 aromatic carbocycles. The minimum atomic E-state index is -1.05. The van der Waals surface area contributed by atoms with E-state index in [2.05, 4.69) is 32.9 Å². The molecule has 30 heavy (non-hydrogen) atoms. The van der Waals surface area contributed by atoms with Crippen LogP contribution in [0.1, 0.15) is 38.1 Å². The molecule has 0 bridgehead atoms. The Balaban J connectivity index is 1.99. The number of unbranched alkanes of at least 4 members (excludes halogenated alkanes) is 1. The molecule has 0 fully saturated rings. The van der Waals surface area contributed by atoms with E-state index in [0.717, 1.165) is 17.3 Å². The summed E-state index contributed by atoms with van der Waals surface area (Å²) >= 11 is 3.39. The molecule has 0 saturated carbocycles. The first-order valence-electron chi connectivity index (χ1n) is 9.64. The Morgan fingerprint density at radius 2 is 2.13 bits per heavy atom. The summed E-state index contributed by atoms with van der Waals surface area (Å²) in [7, 11) is 0. The summed E-state index contributed by atoms with van der Waals surface area (Å²) in [4.78, 5) is 28.7. The number of hydrogen-bond acceptors (Lipinski definition) is 5. The van der Waals surface area contributed by atoms with Crippen LogP contribution in [-0.4, -0.2) is 33.1 Å². The number of carboxylic acid groups (broad SMARTS) is 1. The molecule has 3 aromatic rings. The van der Waals surface area contributed by atoms with Crippen LogP contribution in [0.25, 0.3) is 10.9 Å². The summed E-state index contributed by atoms with van der Waals surface area (Å²) in [6.45, 7) is 3.54. The Bertz CT molecular complexity index is 1160. The lowest BCUT2D eigenvalue weighted by Gasteiger charge is -2.11. The first-order chi connectivity index (χ1) is 14.4. The van der Waals surface area contributed by atoms with Crippen LogP contribution in [0, 0.1) is 0 Å². The molecule has 8 heteroatoms. The van der Waals surface area contributed by atoms with Gasteiger partial charge in [-0.05, 0) is 49.2 Å². The Morgan fingerprint density at radius 1 is 1.33 bits per heavy atom. The first kappa shape index (κ1) is 21.7. The van der Waals surface area contributed by atoms with Gasteiger partial charge in [0.05, 0.1) is 17.1 Å². The van der Waals surface area contributed by atoms with Crippen molar-refractivity contribution < 1.29 is 14.6 Å². The van der Waals surface area contributed by atoms with Crippen LogP contribution in [-0.2, 0) is 11.2 Å². The van der Waals surface area contributed by atoms with Crippen molar-refractivity contribution in [1.82, 2.24) is 9.66 Å². The van der Waals surface area contributed by atoms with E-state index in [-0.39, 0.29) is 5.56 Å². The number of carboxylic acids is 1. The number of carbonyl (C=O) groups is 1. The van der Waals surface area contributed by atoms with Crippen molar-refractivity contribution in [3.05, 3.63) is 68.7 Å². The average Bonchev–Trinajstić information content (AvgIpc) is 2.72.